The van der Waals surface area contributed by atoms with E-state index in [2.05, 4.69) is 21.4 Å². The summed E-state index contributed by atoms with van der Waals surface area (Å²) < 4.78 is 0. The van der Waals surface area contributed by atoms with Gasteiger partial charge in [0.25, 0.3) is 0 Å². The van der Waals surface area contributed by atoms with Crippen LogP contribution in [0.4, 0.5) is 0 Å². The molecular formula is C7H13N5. The highest BCUT2D eigenvalue weighted by Gasteiger charge is 2.00. The topological polar surface area (TPSA) is 84.6 Å². The summed E-state index contributed by atoms with van der Waals surface area (Å²) in [5, 5.41) is 14.9. The van der Waals surface area contributed by atoms with Crippen LogP contribution in [0, 0.1) is 11.3 Å². The summed E-state index contributed by atoms with van der Waals surface area (Å²) in [6, 6.07) is 2.05. The van der Waals surface area contributed by atoms with Gasteiger partial charge in [-0.05, 0) is 24.9 Å². The smallest absolute Gasteiger partial charge is 0.0950 e. The monoisotopic (exact) mass is 167 g/mol. The molecule has 0 radical (unpaired) electrons. The molecule has 66 valence electrons. The Hall–Kier alpha value is -1.24. The van der Waals surface area contributed by atoms with Crippen LogP contribution in [0.2, 0.25) is 0 Å². The summed E-state index contributed by atoms with van der Waals surface area (Å²) in [5.74, 6) is 0. The Morgan fingerprint density at radius 1 is 1.75 bits per heavy atom. The van der Waals surface area contributed by atoms with Crippen LogP contribution in [0.25, 0.3) is 10.4 Å². The van der Waals surface area contributed by atoms with Gasteiger partial charge in [0, 0.05) is 11.5 Å². The van der Waals surface area contributed by atoms with Gasteiger partial charge in [0.1, 0.15) is 0 Å². The molecule has 0 saturated carbocycles. The summed E-state index contributed by atoms with van der Waals surface area (Å²) in [4.78, 5) is 2.62. The van der Waals surface area contributed by atoms with E-state index in [1.54, 1.807) is 0 Å². The highest BCUT2D eigenvalue weighted by molar-refractivity contribution is 4.87. The van der Waals surface area contributed by atoms with Crippen LogP contribution in [0.1, 0.15) is 19.8 Å². The Labute approximate surface area is 72.0 Å². The molecule has 12 heavy (non-hydrogen) atoms. The summed E-state index contributed by atoms with van der Waals surface area (Å²) in [7, 11) is 0. The summed E-state index contributed by atoms with van der Waals surface area (Å²) >= 11 is 0. The lowest BCUT2D eigenvalue weighted by Gasteiger charge is -2.06. The molecule has 0 fully saturated rings. The van der Waals surface area contributed by atoms with Crippen molar-refractivity contribution in [3.63, 3.8) is 0 Å². The minimum Gasteiger partial charge on any atom is -0.302 e. The zero-order valence-corrected chi connectivity index (χ0v) is 7.19. The van der Waals surface area contributed by atoms with E-state index >= 15 is 0 Å². The number of azide groups is 1. The lowest BCUT2D eigenvalue weighted by Crippen LogP contribution is -2.27. The van der Waals surface area contributed by atoms with Crippen molar-refractivity contribution in [2.45, 2.75) is 25.8 Å². The molecule has 5 nitrogen and oxygen atoms in total. The highest BCUT2D eigenvalue weighted by atomic mass is 15.1. The summed E-state index contributed by atoms with van der Waals surface area (Å²) in [6.45, 7) is 3.17. The van der Waals surface area contributed by atoms with Crippen LogP contribution >= 0.6 is 0 Å². The first-order valence-corrected chi connectivity index (χ1v) is 3.99. The minimum absolute atomic E-state index is 0.0731. The second kappa shape index (κ2) is 7.86. The molecule has 0 aromatic carbocycles. The van der Waals surface area contributed by atoms with Gasteiger partial charge in [0.15, 0.2) is 0 Å². The lowest BCUT2D eigenvalue weighted by molar-refractivity contribution is 0.573. The third-order valence-corrected chi connectivity index (χ3v) is 1.45. The predicted octanol–water partition coefficient (Wildman–Crippen LogP) is 1.58. The molecule has 0 amide bonds. The van der Waals surface area contributed by atoms with Crippen LogP contribution in [0.5, 0.6) is 0 Å². The number of nitrogens with zero attached hydrogens (tertiary/aromatic N) is 4. The fourth-order valence-electron chi connectivity index (χ4n) is 0.752. The molecule has 0 aromatic heterocycles. The van der Waals surface area contributed by atoms with Crippen molar-refractivity contribution in [1.82, 2.24) is 5.32 Å². The lowest BCUT2D eigenvalue weighted by atomic mass is 10.2. The van der Waals surface area contributed by atoms with Gasteiger partial charge < -0.3 is 5.32 Å². The quantitative estimate of drug-likeness (QED) is 0.282. The minimum atomic E-state index is -0.0731. The first-order valence-electron chi connectivity index (χ1n) is 3.99. The Balaban J connectivity index is 3.30. The van der Waals surface area contributed by atoms with Gasteiger partial charge >= 0.3 is 0 Å². The molecule has 0 aliphatic carbocycles. The van der Waals surface area contributed by atoms with E-state index in [-0.39, 0.29) is 6.04 Å². The SMILES string of the molecule is CCC(C#N)NCCCN=[N+]=[N-]. The van der Waals surface area contributed by atoms with Crippen LogP contribution < -0.4 is 5.32 Å². The summed E-state index contributed by atoms with van der Waals surface area (Å²) in [6.07, 6.45) is 1.58. The van der Waals surface area contributed by atoms with Crippen molar-refractivity contribution in [1.29, 1.82) is 5.26 Å². The third-order valence-electron chi connectivity index (χ3n) is 1.45. The fraction of sp³-hybridized carbons (Fsp3) is 0.857. The molecule has 5 heteroatoms. The molecule has 0 spiro atoms. The number of rotatable bonds is 6. The Bertz CT molecular complexity index is 188. The normalized spacial score (nSPS) is 11.3. The average molecular weight is 167 g/mol. The van der Waals surface area contributed by atoms with Gasteiger partial charge in [-0.25, -0.2) is 0 Å². The predicted molar refractivity (Wildman–Crippen MR) is 46.3 cm³/mol. The Morgan fingerprint density at radius 3 is 3.00 bits per heavy atom. The number of nitriles is 1. The molecule has 0 aliphatic rings. The molecule has 0 aromatic rings. The van der Waals surface area contributed by atoms with Gasteiger partial charge in [-0.15, -0.1) is 0 Å². The first kappa shape index (κ1) is 10.8. The van der Waals surface area contributed by atoms with Crippen molar-refractivity contribution in [2.24, 2.45) is 5.11 Å². The average Bonchev–Trinajstić information content (AvgIpc) is 2.11. The zero-order valence-electron chi connectivity index (χ0n) is 7.19. The molecule has 1 N–H and O–H groups in total. The van der Waals surface area contributed by atoms with E-state index in [4.69, 9.17) is 10.8 Å². The summed E-state index contributed by atoms with van der Waals surface area (Å²) in [5.41, 5.74) is 7.95. The second-order valence-electron chi connectivity index (χ2n) is 2.35. The largest absolute Gasteiger partial charge is 0.302 e. The van der Waals surface area contributed by atoms with Crippen LogP contribution in [0.3, 0.4) is 0 Å². The van der Waals surface area contributed by atoms with E-state index in [1.807, 2.05) is 6.92 Å². The van der Waals surface area contributed by atoms with Crippen molar-refractivity contribution < 1.29 is 0 Å². The van der Waals surface area contributed by atoms with E-state index < -0.39 is 0 Å². The Morgan fingerprint density at radius 2 is 2.50 bits per heavy atom. The van der Waals surface area contributed by atoms with E-state index in [0.717, 1.165) is 19.4 Å². The van der Waals surface area contributed by atoms with Gasteiger partial charge in [-0.2, -0.15) is 5.26 Å². The third kappa shape index (κ3) is 5.54. The molecule has 0 rings (SSSR count). The number of nitrogens with one attached hydrogen (secondary N) is 1. The maximum atomic E-state index is 8.53. The first-order chi connectivity index (χ1) is 5.85. The van der Waals surface area contributed by atoms with Gasteiger partial charge in [-0.1, -0.05) is 12.0 Å². The van der Waals surface area contributed by atoms with Crippen LogP contribution in [-0.4, -0.2) is 19.1 Å². The van der Waals surface area contributed by atoms with Gasteiger partial charge in [0.2, 0.25) is 0 Å². The highest BCUT2D eigenvalue weighted by Crippen LogP contribution is 1.88. The molecule has 0 saturated heterocycles. The molecular weight excluding hydrogens is 154 g/mol. The molecule has 0 aliphatic heterocycles. The molecule has 0 bridgehead atoms. The van der Waals surface area contributed by atoms with Crippen molar-refractivity contribution in [2.75, 3.05) is 13.1 Å². The second-order valence-corrected chi connectivity index (χ2v) is 2.35. The van der Waals surface area contributed by atoms with Crippen molar-refractivity contribution in [3.8, 4) is 6.07 Å². The zero-order chi connectivity index (χ0) is 9.23. The van der Waals surface area contributed by atoms with E-state index in [1.165, 1.54) is 0 Å². The molecule has 0 heterocycles. The standard InChI is InChI=1S/C7H13N5/c1-2-7(6-8)10-4-3-5-11-12-9/h7,10H,2-5H2,1H3. The van der Waals surface area contributed by atoms with Crippen LogP contribution in [-0.2, 0) is 0 Å². The maximum absolute atomic E-state index is 8.53. The fourth-order valence-corrected chi connectivity index (χ4v) is 0.752. The maximum Gasteiger partial charge on any atom is 0.0950 e. The van der Waals surface area contributed by atoms with E-state index in [9.17, 15) is 0 Å². The van der Waals surface area contributed by atoms with Gasteiger partial charge in [0.05, 0.1) is 12.1 Å². The van der Waals surface area contributed by atoms with Crippen molar-refractivity contribution in [3.05, 3.63) is 10.4 Å². The number of hydrogen-bond donors (Lipinski definition) is 1. The van der Waals surface area contributed by atoms with Crippen LogP contribution in [0.15, 0.2) is 5.11 Å². The van der Waals surface area contributed by atoms with Crippen molar-refractivity contribution >= 4 is 0 Å². The molecule has 1 atom stereocenters. The van der Waals surface area contributed by atoms with Gasteiger partial charge in [-0.3, -0.25) is 0 Å². The van der Waals surface area contributed by atoms with E-state index in [0.29, 0.717) is 6.54 Å². The Kier molecular flexibility index (Phi) is 7.05. The number of hydrogen-bond acceptors (Lipinski definition) is 3. The molecule has 1 unspecified atom stereocenters.